The van der Waals surface area contributed by atoms with Crippen molar-refractivity contribution in [2.45, 2.75) is 31.9 Å². The number of carboxylic acid groups (broad SMARTS) is 1. The van der Waals surface area contributed by atoms with Crippen LogP contribution in [0.4, 0.5) is 19.0 Å². The Labute approximate surface area is 120 Å². The van der Waals surface area contributed by atoms with Gasteiger partial charge in [0.05, 0.1) is 5.92 Å². The van der Waals surface area contributed by atoms with Gasteiger partial charge in [-0.05, 0) is 43.7 Å². The maximum Gasteiger partial charge on any atom is 0.433 e. The van der Waals surface area contributed by atoms with Crippen molar-refractivity contribution in [3.05, 3.63) is 23.9 Å². The van der Waals surface area contributed by atoms with Gasteiger partial charge in [-0.3, -0.25) is 4.79 Å². The predicted octanol–water partition coefficient (Wildman–Crippen LogP) is 3.40. The Bertz CT molecular complexity index is 497. The first-order valence-corrected chi connectivity index (χ1v) is 6.87. The molecule has 0 radical (unpaired) electrons. The second kappa shape index (κ2) is 6.32. The number of aromatic nitrogens is 1. The Morgan fingerprint density at radius 1 is 1.29 bits per heavy atom. The lowest BCUT2D eigenvalue weighted by Crippen LogP contribution is -2.25. The SMILES string of the molecule is O=C(O)C1CCC(CNc2cccc(C(F)(F)F)n2)CC1. The van der Waals surface area contributed by atoms with Gasteiger partial charge in [0, 0.05) is 6.54 Å². The molecule has 0 atom stereocenters. The average Bonchev–Trinajstić information content (AvgIpc) is 2.45. The van der Waals surface area contributed by atoms with Gasteiger partial charge < -0.3 is 10.4 Å². The topological polar surface area (TPSA) is 62.2 Å². The number of halogens is 3. The lowest BCUT2D eigenvalue weighted by Gasteiger charge is -2.26. The molecule has 0 aliphatic heterocycles. The molecule has 1 aromatic rings. The van der Waals surface area contributed by atoms with Gasteiger partial charge in [-0.1, -0.05) is 6.07 Å². The number of carboxylic acids is 1. The fourth-order valence-electron chi connectivity index (χ4n) is 2.55. The van der Waals surface area contributed by atoms with Crippen molar-refractivity contribution in [3.63, 3.8) is 0 Å². The highest BCUT2D eigenvalue weighted by atomic mass is 19.4. The van der Waals surface area contributed by atoms with E-state index in [2.05, 4.69) is 10.3 Å². The molecule has 1 fully saturated rings. The number of hydrogen-bond acceptors (Lipinski definition) is 3. The summed E-state index contributed by atoms with van der Waals surface area (Å²) >= 11 is 0. The number of hydrogen-bond donors (Lipinski definition) is 2. The molecule has 1 aliphatic carbocycles. The van der Waals surface area contributed by atoms with E-state index in [4.69, 9.17) is 5.11 Å². The van der Waals surface area contributed by atoms with Gasteiger partial charge >= 0.3 is 12.1 Å². The van der Waals surface area contributed by atoms with E-state index in [1.54, 1.807) is 0 Å². The van der Waals surface area contributed by atoms with Crippen LogP contribution in [0.3, 0.4) is 0 Å². The summed E-state index contributed by atoms with van der Waals surface area (Å²) in [5.74, 6) is -0.573. The van der Waals surface area contributed by atoms with Crippen LogP contribution in [0.5, 0.6) is 0 Å². The molecule has 0 saturated heterocycles. The van der Waals surface area contributed by atoms with Gasteiger partial charge in [-0.15, -0.1) is 0 Å². The predicted molar refractivity (Wildman–Crippen MR) is 70.8 cm³/mol. The number of anilines is 1. The molecule has 116 valence electrons. The van der Waals surface area contributed by atoms with Gasteiger partial charge in [-0.2, -0.15) is 13.2 Å². The first-order chi connectivity index (χ1) is 9.86. The highest BCUT2D eigenvalue weighted by Crippen LogP contribution is 2.30. The van der Waals surface area contributed by atoms with Crippen LogP contribution in [0.15, 0.2) is 18.2 Å². The van der Waals surface area contributed by atoms with Gasteiger partial charge in [0.2, 0.25) is 0 Å². The zero-order chi connectivity index (χ0) is 15.5. The lowest BCUT2D eigenvalue weighted by molar-refractivity contribution is -0.143. The third-order valence-electron chi connectivity index (χ3n) is 3.81. The van der Waals surface area contributed by atoms with E-state index in [0.717, 1.165) is 18.9 Å². The highest BCUT2D eigenvalue weighted by molar-refractivity contribution is 5.70. The van der Waals surface area contributed by atoms with E-state index < -0.39 is 17.8 Å². The summed E-state index contributed by atoms with van der Waals surface area (Å²) in [4.78, 5) is 14.4. The molecule has 0 bridgehead atoms. The Morgan fingerprint density at radius 3 is 2.52 bits per heavy atom. The molecule has 2 N–H and O–H groups in total. The molecule has 0 spiro atoms. The molecule has 2 rings (SSSR count). The normalized spacial score (nSPS) is 22.8. The molecular weight excluding hydrogens is 285 g/mol. The summed E-state index contributed by atoms with van der Waals surface area (Å²) in [6.45, 7) is 0.515. The van der Waals surface area contributed by atoms with Crippen molar-refractivity contribution >= 4 is 11.8 Å². The summed E-state index contributed by atoms with van der Waals surface area (Å²) in [7, 11) is 0. The van der Waals surface area contributed by atoms with E-state index in [1.165, 1.54) is 12.1 Å². The summed E-state index contributed by atoms with van der Waals surface area (Å²) in [5.41, 5.74) is -0.915. The highest BCUT2D eigenvalue weighted by Gasteiger charge is 2.32. The molecule has 1 aliphatic rings. The number of nitrogens with zero attached hydrogens (tertiary/aromatic N) is 1. The molecule has 4 nitrogen and oxygen atoms in total. The third-order valence-corrected chi connectivity index (χ3v) is 3.81. The molecule has 0 amide bonds. The molecule has 0 aromatic carbocycles. The van der Waals surface area contributed by atoms with Crippen molar-refractivity contribution in [2.75, 3.05) is 11.9 Å². The lowest BCUT2D eigenvalue weighted by atomic mass is 9.82. The minimum absolute atomic E-state index is 0.199. The Morgan fingerprint density at radius 2 is 1.95 bits per heavy atom. The van der Waals surface area contributed by atoms with Crippen LogP contribution >= 0.6 is 0 Å². The number of nitrogens with one attached hydrogen (secondary N) is 1. The molecule has 1 heterocycles. The van der Waals surface area contributed by atoms with Crippen LogP contribution in [0.1, 0.15) is 31.4 Å². The van der Waals surface area contributed by atoms with Crippen molar-refractivity contribution in [2.24, 2.45) is 11.8 Å². The summed E-state index contributed by atoms with van der Waals surface area (Å²) in [6.07, 6.45) is -1.67. The Hall–Kier alpha value is -1.79. The standard InChI is InChI=1S/C14H17F3N2O2/c15-14(16,17)11-2-1-3-12(19-11)18-8-9-4-6-10(7-5-9)13(20)21/h1-3,9-10H,4-8H2,(H,18,19)(H,20,21). The van der Waals surface area contributed by atoms with Crippen LogP contribution in [0.2, 0.25) is 0 Å². The van der Waals surface area contributed by atoms with E-state index >= 15 is 0 Å². The smallest absolute Gasteiger partial charge is 0.433 e. The van der Waals surface area contributed by atoms with Crippen molar-refractivity contribution in [1.29, 1.82) is 0 Å². The first kappa shape index (κ1) is 15.6. The number of alkyl halides is 3. The molecule has 1 aromatic heterocycles. The number of aliphatic carboxylic acids is 1. The van der Waals surface area contributed by atoms with Crippen molar-refractivity contribution in [1.82, 2.24) is 4.98 Å². The molecule has 0 unspecified atom stereocenters. The summed E-state index contributed by atoms with van der Waals surface area (Å²) in [5, 5.41) is 11.8. The van der Waals surface area contributed by atoms with E-state index in [0.29, 0.717) is 19.4 Å². The zero-order valence-electron chi connectivity index (χ0n) is 11.4. The zero-order valence-corrected chi connectivity index (χ0v) is 11.4. The molecule has 7 heteroatoms. The molecule has 21 heavy (non-hydrogen) atoms. The maximum atomic E-state index is 12.5. The van der Waals surface area contributed by atoms with Gasteiger partial charge in [0.15, 0.2) is 0 Å². The first-order valence-electron chi connectivity index (χ1n) is 6.87. The Kier molecular flexibility index (Phi) is 4.69. The van der Waals surface area contributed by atoms with Crippen LogP contribution in [0, 0.1) is 11.8 Å². The van der Waals surface area contributed by atoms with Gasteiger partial charge in [0.25, 0.3) is 0 Å². The largest absolute Gasteiger partial charge is 0.481 e. The number of carbonyl (C=O) groups is 1. The molecule has 1 saturated carbocycles. The van der Waals surface area contributed by atoms with Crippen molar-refractivity contribution in [3.8, 4) is 0 Å². The number of pyridine rings is 1. The average molecular weight is 302 g/mol. The monoisotopic (exact) mass is 302 g/mol. The van der Waals surface area contributed by atoms with Gasteiger partial charge in [0.1, 0.15) is 11.5 Å². The number of rotatable bonds is 4. The van der Waals surface area contributed by atoms with E-state index in [-0.39, 0.29) is 17.7 Å². The van der Waals surface area contributed by atoms with Gasteiger partial charge in [-0.25, -0.2) is 4.98 Å². The third kappa shape index (κ3) is 4.34. The van der Waals surface area contributed by atoms with Crippen LogP contribution < -0.4 is 5.32 Å². The van der Waals surface area contributed by atoms with Crippen LogP contribution in [0.25, 0.3) is 0 Å². The Balaban J connectivity index is 1.85. The summed E-state index contributed by atoms with van der Waals surface area (Å²) in [6, 6.07) is 3.75. The minimum atomic E-state index is -4.45. The minimum Gasteiger partial charge on any atom is -0.481 e. The fourth-order valence-corrected chi connectivity index (χ4v) is 2.55. The quantitative estimate of drug-likeness (QED) is 0.895. The second-order valence-corrected chi connectivity index (χ2v) is 5.34. The second-order valence-electron chi connectivity index (χ2n) is 5.34. The van der Waals surface area contributed by atoms with Crippen molar-refractivity contribution < 1.29 is 23.1 Å². The summed E-state index contributed by atoms with van der Waals surface area (Å²) < 4.78 is 37.6. The van der Waals surface area contributed by atoms with E-state index in [9.17, 15) is 18.0 Å². The van der Waals surface area contributed by atoms with Crippen LogP contribution in [-0.2, 0) is 11.0 Å². The maximum absolute atomic E-state index is 12.5. The van der Waals surface area contributed by atoms with E-state index in [1.807, 2.05) is 0 Å². The fraction of sp³-hybridized carbons (Fsp3) is 0.571. The molecular formula is C14H17F3N2O2. The van der Waals surface area contributed by atoms with Crippen LogP contribution in [-0.4, -0.2) is 22.6 Å².